The molecule has 1 fully saturated rings. The van der Waals surface area contributed by atoms with Gasteiger partial charge in [-0.3, -0.25) is 33.8 Å². The molecule has 16 nitrogen and oxygen atoms in total. The summed E-state index contributed by atoms with van der Waals surface area (Å²) in [5.74, 6) is -3.64. The molecule has 4 atom stereocenters. The Morgan fingerprint density at radius 3 is 2.35 bits per heavy atom. The largest absolute Gasteiger partial charge is 0.480 e. The molecule has 0 aromatic rings. The lowest BCUT2D eigenvalue weighted by atomic mass is 10.1. The highest BCUT2D eigenvalue weighted by atomic mass is 32.2. The fraction of sp³-hybridized carbons (Fsp3) is 0.696. The number of carboxylic acids is 1. The SMILES string of the molecule is CSCC[C@H](NC(=O)CN)C(=O)N1CCC[C@H]1C(=O)N[C@@H](CCCN=C(N)N)C(=O)NCC(=O)N[C@@H](C)C(=O)O. The predicted molar refractivity (Wildman–Crippen MR) is 149 cm³/mol. The van der Waals surface area contributed by atoms with Crippen molar-refractivity contribution in [1.82, 2.24) is 26.2 Å². The summed E-state index contributed by atoms with van der Waals surface area (Å²) in [4.78, 5) is 79.5. The number of nitrogens with zero attached hydrogens (tertiary/aromatic N) is 2. The molecule has 0 aliphatic carbocycles. The van der Waals surface area contributed by atoms with Crippen LogP contribution in [0.4, 0.5) is 0 Å². The van der Waals surface area contributed by atoms with Gasteiger partial charge in [-0.15, -0.1) is 0 Å². The van der Waals surface area contributed by atoms with Crippen LogP contribution in [0.25, 0.3) is 0 Å². The van der Waals surface area contributed by atoms with E-state index in [-0.39, 0.29) is 25.5 Å². The van der Waals surface area contributed by atoms with Crippen molar-refractivity contribution in [1.29, 1.82) is 0 Å². The number of carbonyl (C=O) groups excluding carboxylic acids is 5. The van der Waals surface area contributed by atoms with Gasteiger partial charge < -0.3 is 48.5 Å². The summed E-state index contributed by atoms with van der Waals surface area (Å²) in [6.45, 7) is 0.967. The van der Waals surface area contributed by atoms with Gasteiger partial charge in [0.2, 0.25) is 29.5 Å². The number of thioether (sulfide) groups is 1. The lowest BCUT2D eigenvalue weighted by molar-refractivity contribution is -0.142. The molecular weight excluding hydrogens is 546 g/mol. The molecule has 0 unspecified atom stereocenters. The van der Waals surface area contributed by atoms with E-state index in [2.05, 4.69) is 26.3 Å². The van der Waals surface area contributed by atoms with Crippen molar-refractivity contribution in [2.24, 2.45) is 22.2 Å². The third-order valence-electron chi connectivity index (χ3n) is 6.02. The number of nitrogens with two attached hydrogens (primary N) is 3. The predicted octanol–water partition coefficient (Wildman–Crippen LogP) is -3.58. The summed E-state index contributed by atoms with van der Waals surface area (Å²) >= 11 is 1.51. The second-order valence-corrected chi connectivity index (χ2v) is 10.1. The molecular formula is C23H41N9O7S. The van der Waals surface area contributed by atoms with E-state index in [4.69, 9.17) is 22.3 Å². The quantitative estimate of drug-likeness (QED) is 0.0468. The first-order valence-corrected chi connectivity index (χ1v) is 14.2. The second kappa shape index (κ2) is 17.9. The van der Waals surface area contributed by atoms with Crippen LogP contribution < -0.4 is 38.5 Å². The van der Waals surface area contributed by atoms with Crippen LogP contribution in [0.3, 0.4) is 0 Å². The van der Waals surface area contributed by atoms with Crippen molar-refractivity contribution in [3.05, 3.63) is 0 Å². The highest BCUT2D eigenvalue weighted by Crippen LogP contribution is 2.20. The normalized spacial score (nSPS) is 16.7. The average Bonchev–Trinajstić information content (AvgIpc) is 3.40. The Morgan fingerprint density at radius 2 is 1.75 bits per heavy atom. The Balaban J connectivity index is 2.95. The smallest absolute Gasteiger partial charge is 0.325 e. The average molecular weight is 588 g/mol. The molecule has 226 valence electrons. The van der Waals surface area contributed by atoms with Crippen molar-refractivity contribution >= 4 is 53.2 Å². The van der Waals surface area contributed by atoms with E-state index in [1.165, 1.54) is 23.6 Å². The van der Waals surface area contributed by atoms with Crippen LogP contribution in [0, 0.1) is 0 Å². The van der Waals surface area contributed by atoms with Crippen molar-refractivity contribution < 1.29 is 33.9 Å². The van der Waals surface area contributed by atoms with E-state index in [1.54, 1.807) is 0 Å². The van der Waals surface area contributed by atoms with Gasteiger partial charge in [0.15, 0.2) is 5.96 Å². The Hall–Kier alpha value is -3.60. The summed E-state index contributed by atoms with van der Waals surface area (Å²) in [6.07, 6.45) is 3.56. The van der Waals surface area contributed by atoms with Crippen molar-refractivity contribution in [2.45, 2.75) is 63.2 Å². The van der Waals surface area contributed by atoms with Crippen LogP contribution in [-0.2, 0) is 28.8 Å². The standard InChI is InChI=1S/C23H41N9O7S/c1-13(22(38)39)29-18(34)12-28-19(35)14(5-3-8-27-23(25)26)31-20(36)16-6-4-9-32(16)21(37)15(7-10-40-2)30-17(33)11-24/h13-16H,3-12,24H2,1-2H3,(H,28,35)(H,29,34)(H,30,33)(H,31,36)(H,38,39)(H4,25,26,27)/t13-,14-,15-,16-/m0/s1. The fourth-order valence-electron chi connectivity index (χ4n) is 3.93. The van der Waals surface area contributed by atoms with Gasteiger partial charge in [0.05, 0.1) is 13.1 Å². The third kappa shape index (κ3) is 12.1. The minimum atomic E-state index is -1.24. The number of amides is 5. The zero-order chi connectivity index (χ0) is 30.2. The molecule has 1 saturated heterocycles. The summed E-state index contributed by atoms with van der Waals surface area (Å²) < 4.78 is 0. The second-order valence-electron chi connectivity index (χ2n) is 9.15. The van der Waals surface area contributed by atoms with Gasteiger partial charge in [-0.2, -0.15) is 11.8 Å². The number of rotatable bonds is 17. The zero-order valence-corrected chi connectivity index (χ0v) is 23.6. The molecule has 0 radical (unpaired) electrons. The number of likely N-dealkylation sites (tertiary alicyclic amines) is 1. The monoisotopic (exact) mass is 587 g/mol. The topological polar surface area (TPSA) is 264 Å². The number of nitrogens with one attached hydrogen (secondary N) is 4. The summed E-state index contributed by atoms with van der Waals surface area (Å²) in [6, 6.07) is -3.96. The molecule has 0 bridgehead atoms. The third-order valence-corrected chi connectivity index (χ3v) is 6.66. The highest BCUT2D eigenvalue weighted by Gasteiger charge is 2.38. The summed E-state index contributed by atoms with van der Waals surface area (Å²) in [5, 5.41) is 18.8. The van der Waals surface area contributed by atoms with E-state index >= 15 is 0 Å². The van der Waals surface area contributed by atoms with E-state index in [1.807, 2.05) is 6.26 Å². The maximum Gasteiger partial charge on any atom is 0.325 e. The van der Waals surface area contributed by atoms with E-state index < -0.39 is 66.2 Å². The van der Waals surface area contributed by atoms with Crippen LogP contribution in [-0.4, -0.2) is 114 Å². The first-order chi connectivity index (χ1) is 18.9. The Kier molecular flexibility index (Phi) is 15.4. The summed E-state index contributed by atoms with van der Waals surface area (Å²) in [5.41, 5.74) is 16.1. The molecule has 11 N–H and O–H groups in total. The van der Waals surface area contributed by atoms with Crippen LogP contribution >= 0.6 is 11.8 Å². The molecule has 1 rings (SSSR count). The van der Waals surface area contributed by atoms with Gasteiger partial charge in [-0.1, -0.05) is 0 Å². The Labute approximate surface area is 237 Å². The number of hydrogen-bond acceptors (Lipinski definition) is 9. The number of aliphatic imine (C=N–C) groups is 1. The molecule has 1 aliphatic rings. The zero-order valence-electron chi connectivity index (χ0n) is 22.8. The minimum Gasteiger partial charge on any atom is -0.480 e. The van der Waals surface area contributed by atoms with Gasteiger partial charge in [-0.25, -0.2) is 0 Å². The number of guanidine groups is 1. The Bertz CT molecular complexity index is 946. The molecule has 1 heterocycles. The molecule has 17 heteroatoms. The van der Waals surface area contributed by atoms with Gasteiger partial charge in [-0.05, 0) is 51.0 Å². The van der Waals surface area contributed by atoms with E-state index in [9.17, 15) is 28.8 Å². The first kappa shape index (κ1) is 34.4. The molecule has 0 spiro atoms. The van der Waals surface area contributed by atoms with E-state index in [0.717, 1.165) is 0 Å². The lowest BCUT2D eigenvalue weighted by Crippen LogP contribution is -2.57. The van der Waals surface area contributed by atoms with Crippen LogP contribution in [0.2, 0.25) is 0 Å². The fourth-order valence-corrected chi connectivity index (χ4v) is 4.41. The Morgan fingerprint density at radius 1 is 1.05 bits per heavy atom. The maximum atomic E-state index is 13.3. The molecule has 1 aliphatic heterocycles. The first-order valence-electron chi connectivity index (χ1n) is 12.9. The molecule has 0 aromatic heterocycles. The molecule has 5 amide bonds. The van der Waals surface area contributed by atoms with Crippen LogP contribution in [0.5, 0.6) is 0 Å². The van der Waals surface area contributed by atoms with Crippen LogP contribution in [0.1, 0.15) is 39.0 Å². The number of carbonyl (C=O) groups is 6. The van der Waals surface area contributed by atoms with Crippen molar-refractivity contribution in [3.8, 4) is 0 Å². The minimum absolute atomic E-state index is 0.116. The number of aliphatic carboxylic acids is 1. The number of carboxylic acid groups (broad SMARTS) is 1. The van der Waals surface area contributed by atoms with E-state index in [0.29, 0.717) is 38.0 Å². The molecule has 40 heavy (non-hydrogen) atoms. The van der Waals surface area contributed by atoms with Gasteiger partial charge >= 0.3 is 5.97 Å². The molecule has 0 aromatic carbocycles. The number of hydrogen-bond donors (Lipinski definition) is 8. The van der Waals surface area contributed by atoms with Crippen molar-refractivity contribution in [2.75, 3.05) is 38.2 Å². The van der Waals surface area contributed by atoms with Crippen LogP contribution in [0.15, 0.2) is 4.99 Å². The maximum absolute atomic E-state index is 13.3. The lowest BCUT2D eigenvalue weighted by Gasteiger charge is -2.29. The highest BCUT2D eigenvalue weighted by molar-refractivity contribution is 7.98. The molecule has 0 saturated carbocycles. The van der Waals surface area contributed by atoms with Gasteiger partial charge in [0.25, 0.3) is 0 Å². The summed E-state index contributed by atoms with van der Waals surface area (Å²) in [7, 11) is 0. The van der Waals surface area contributed by atoms with Crippen molar-refractivity contribution in [3.63, 3.8) is 0 Å². The van der Waals surface area contributed by atoms with Gasteiger partial charge in [0, 0.05) is 13.1 Å². The van der Waals surface area contributed by atoms with Gasteiger partial charge in [0.1, 0.15) is 24.2 Å².